The Morgan fingerprint density at radius 1 is 1.06 bits per heavy atom. The largest absolute Gasteiger partial charge is 0.372 e. The van der Waals surface area contributed by atoms with Crippen molar-refractivity contribution < 1.29 is 4.74 Å². The van der Waals surface area contributed by atoms with Gasteiger partial charge in [-0.1, -0.05) is 27.7 Å². The molecule has 0 spiro atoms. The number of hydrogen-bond acceptors (Lipinski definition) is 3. The maximum atomic E-state index is 5.94. The summed E-state index contributed by atoms with van der Waals surface area (Å²) in [6.07, 6.45) is 3.02. The fraction of sp³-hybridized carbons (Fsp3) is 1.00. The van der Waals surface area contributed by atoms with Crippen LogP contribution in [0, 0.1) is 11.8 Å². The molecule has 1 aliphatic heterocycles. The molecule has 1 rings (SSSR count). The second kappa shape index (κ2) is 7.34. The quantitative estimate of drug-likeness (QED) is 0.743. The van der Waals surface area contributed by atoms with Gasteiger partial charge in [0, 0.05) is 26.2 Å². The third-order valence-corrected chi connectivity index (χ3v) is 3.17. The van der Waals surface area contributed by atoms with Crippen molar-refractivity contribution in [2.24, 2.45) is 17.6 Å². The molecule has 2 atom stereocenters. The first-order valence-electron chi connectivity index (χ1n) is 7.09. The summed E-state index contributed by atoms with van der Waals surface area (Å²) in [6, 6.07) is 0. The van der Waals surface area contributed by atoms with Crippen molar-refractivity contribution in [3.8, 4) is 0 Å². The van der Waals surface area contributed by atoms with E-state index in [0.717, 1.165) is 24.8 Å². The molecule has 0 aliphatic carbocycles. The number of ether oxygens (including phenoxy) is 1. The second-order valence-electron chi connectivity index (χ2n) is 6.20. The molecule has 2 unspecified atom stereocenters. The molecule has 3 nitrogen and oxygen atoms in total. The Morgan fingerprint density at radius 2 is 1.59 bits per heavy atom. The van der Waals surface area contributed by atoms with Crippen LogP contribution in [-0.4, -0.2) is 43.3 Å². The monoisotopic (exact) mass is 242 g/mol. The van der Waals surface area contributed by atoms with E-state index in [2.05, 4.69) is 32.6 Å². The van der Waals surface area contributed by atoms with Crippen LogP contribution in [-0.2, 0) is 4.74 Å². The molecular formula is C14H30N2O. The van der Waals surface area contributed by atoms with Gasteiger partial charge in [-0.3, -0.25) is 0 Å². The van der Waals surface area contributed by atoms with Crippen molar-refractivity contribution in [3.05, 3.63) is 0 Å². The third-order valence-electron chi connectivity index (χ3n) is 3.17. The summed E-state index contributed by atoms with van der Waals surface area (Å²) >= 11 is 0. The highest BCUT2D eigenvalue weighted by Gasteiger charge is 2.26. The lowest BCUT2D eigenvalue weighted by Gasteiger charge is -2.28. The topological polar surface area (TPSA) is 38.5 Å². The Hall–Kier alpha value is -0.120. The van der Waals surface area contributed by atoms with E-state index < -0.39 is 0 Å². The van der Waals surface area contributed by atoms with Crippen LogP contribution in [0.2, 0.25) is 0 Å². The zero-order valence-corrected chi connectivity index (χ0v) is 12.0. The predicted molar refractivity (Wildman–Crippen MR) is 73.1 cm³/mol. The lowest BCUT2D eigenvalue weighted by Crippen LogP contribution is -2.38. The molecular weight excluding hydrogens is 212 g/mol. The molecule has 0 radical (unpaired) electrons. The van der Waals surface area contributed by atoms with Crippen LogP contribution in [0.5, 0.6) is 0 Å². The van der Waals surface area contributed by atoms with Crippen LogP contribution in [0.1, 0.15) is 40.5 Å². The standard InChI is InChI=1S/C14H30N2O/c1-11(2)8-16(9-12(3)4)10-14-6-5-13(7-15)17-14/h11-14H,5-10,15H2,1-4H3. The van der Waals surface area contributed by atoms with E-state index in [9.17, 15) is 0 Å². The Morgan fingerprint density at radius 3 is 2.00 bits per heavy atom. The highest BCUT2D eigenvalue weighted by atomic mass is 16.5. The molecule has 1 aliphatic rings. The van der Waals surface area contributed by atoms with Gasteiger partial charge in [0.15, 0.2) is 0 Å². The minimum absolute atomic E-state index is 0.306. The lowest BCUT2D eigenvalue weighted by molar-refractivity contribution is 0.0226. The van der Waals surface area contributed by atoms with Gasteiger partial charge < -0.3 is 15.4 Å². The summed E-state index contributed by atoms with van der Waals surface area (Å²) < 4.78 is 5.94. The van der Waals surface area contributed by atoms with E-state index >= 15 is 0 Å². The van der Waals surface area contributed by atoms with Crippen LogP contribution >= 0.6 is 0 Å². The third kappa shape index (κ3) is 5.84. The number of rotatable bonds is 7. The minimum Gasteiger partial charge on any atom is -0.372 e. The fourth-order valence-corrected chi connectivity index (χ4v) is 2.63. The second-order valence-corrected chi connectivity index (χ2v) is 6.20. The van der Waals surface area contributed by atoms with Crippen molar-refractivity contribution in [2.75, 3.05) is 26.2 Å². The first-order chi connectivity index (χ1) is 8.01. The highest BCUT2D eigenvalue weighted by molar-refractivity contribution is 4.77. The molecule has 1 heterocycles. The summed E-state index contributed by atoms with van der Waals surface area (Å²) in [7, 11) is 0. The average molecular weight is 242 g/mol. The van der Waals surface area contributed by atoms with Gasteiger partial charge in [-0.05, 0) is 24.7 Å². The molecule has 1 fully saturated rings. The zero-order chi connectivity index (χ0) is 12.8. The van der Waals surface area contributed by atoms with Crippen LogP contribution in [0.15, 0.2) is 0 Å². The van der Waals surface area contributed by atoms with E-state index in [-0.39, 0.29) is 0 Å². The summed E-state index contributed by atoms with van der Waals surface area (Å²) in [5.41, 5.74) is 5.65. The Balaban J connectivity index is 2.37. The van der Waals surface area contributed by atoms with Gasteiger partial charge in [0.1, 0.15) is 0 Å². The number of hydrogen-bond donors (Lipinski definition) is 1. The van der Waals surface area contributed by atoms with Crippen LogP contribution in [0.4, 0.5) is 0 Å². The van der Waals surface area contributed by atoms with Gasteiger partial charge in [-0.15, -0.1) is 0 Å². The van der Waals surface area contributed by atoms with E-state index in [1.807, 2.05) is 0 Å². The molecule has 0 amide bonds. The van der Waals surface area contributed by atoms with E-state index in [4.69, 9.17) is 10.5 Å². The minimum atomic E-state index is 0.306. The van der Waals surface area contributed by atoms with Gasteiger partial charge >= 0.3 is 0 Å². The van der Waals surface area contributed by atoms with E-state index in [1.54, 1.807) is 0 Å². The van der Waals surface area contributed by atoms with Crippen molar-refractivity contribution in [2.45, 2.75) is 52.7 Å². The van der Waals surface area contributed by atoms with Crippen LogP contribution in [0.3, 0.4) is 0 Å². The fourth-order valence-electron chi connectivity index (χ4n) is 2.63. The average Bonchev–Trinajstić information content (AvgIpc) is 2.63. The van der Waals surface area contributed by atoms with Crippen LogP contribution in [0.25, 0.3) is 0 Å². The molecule has 0 saturated carbocycles. The lowest BCUT2D eigenvalue weighted by atomic mass is 10.1. The number of nitrogens with zero attached hydrogens (tertiary/aromatic N) is 1. The van der Waals surface area contributed by atoms with Crippen molar-refractivity contribution >= 4 is 0 Å². The summed E-state index contributed by atoms with van der Waals surface area (Å²) in [6.45, 7) is 13.2. The predicted octanol–water partition coefficient (Wildman–Crippen LogP) is 2.11. The number of nitrogens with two attached hydrogens (primary N) is 1. The van der Waals surface area contributed by atoms with E-state index in [1.165, 1.54) is 19.5 Å². The van der Waals surface area contributed by atoms with Crippen molar-refractivity contribution in [1.29, 1.82) is 0 Å². The molecule has 0 aromatic heterocycles. The van der Waals surface area contributed by atoms with Gasteiger partial charge in [-0.25, -0.2) is 0 Å². The Labute approximate surface area is 107 Å². The highest BCUT2D eigenvalue weighted by Crippen LogP contribution is 2.20. The molecule has 0 bridgehead atoms. The summed E-state index contributed by atoms with van der Waals surface area (Å²) in [5, 5.41) is 0. The first-order valence-corrected chi connectivity index (χ1v) is 7.09. The maximum Gasteiger partial charge on any atom is 0.0707 e. The van der Waals surface area contributed by atoms with Crippen molar-refractivity contribution in [3.63, 3.8) is 0 Å². The summed E-state index contributed by atoms with van der Waals surface area (Å²) in [4.78, 5) is 2.55. The Kier molecular flexibility index (Phi) is 6.45. The normalized spacial score (nSPS) is 25.4. The molecule has 0 aromatic rings. The van der Waals surface area contributed by atoms with Gasteiger partial charge in [0.25, 0.3) is 0 Å². The Bertz CT molecular complexity index is 196. The molecule has 2 N–H and O–H groups in total. The van der Waals surface area contributed by atoms with Crippen molar-refractivity contribution in [1.82, 2.24) is 4.90 Å². The smallest absolute Gasteiger partial charge is 0.0707 e. The van der Waals surface area contributed by atoms with Gasteiger partial charge in [0.2, 0.25) is 0 Å². The van der Waals surface area contributed by atoms with Crippen LogP contribution < -0.4 is 5.73 Å². The molecule has 17 heavy (non-hydrogen) atoms. The first kappa shape index (κ1) is 14.9. The van der Waals surface area contributed by atoms with Gasteiger partial charge in [0.05, 0.1) is 12.2 Å². The van der Waals surface area contributed by atoms with E-state index in [0.29, 0.717) is 18.8 Å². The maximum absolute atomic E-state index is 5.94. The molecule has 0 aromatic carbocycles. The molecule has 3 heteroatoms. The SMILES string of the molecule is CC(C)CN(CC(C)C)CC1CCC(CN)O1. The van der Waals surface area contributed by atoms with Gasteiger partial charge in [-0.2, -0.15) is 0 Å². The molecule has 102 valence electrons. The molecule has 1 saturated heterocycles. The zero-order valence-electron chi connectivity index (χ0n) is 12.0. The summed E-state index contributed by atoms with van der Waals surface area (Å²) in [5.74, 6) is 1.45.